The molecule has 0 aliphatic heterocycles. The molecule has 0 aliphatic carbocycles. The minimum Gasteiger partial charge on any atom is -0.350 e. The average Bonchev–Trinajstić information content (AvgIpc) is 2.26. The number of nitrogens with two attached hydrogens (primary N) is 1. The predicted molar refractivity (Wildman–Crippen MR) is 51.9 cm³/mol. The van der Waals surface area contributed by atoms with E-state index in [1.54, 1.807) is 6.07 Å². The number of nitriles is 1. The fraction of sp³-hybridized carbons (Fsp3) is 0.200. The second-order valence-corrected chi connectivity index (χ2v) is 2.81. The van der Waals surface area contributed by atoms with E-state index in [4.69, 9.17) is 11.0 Å². The third-order valence-electron chi connectivity index (χ3n) is 1.73. The van der Waals surface area contributed by atoms with Crippen molar-refractivity contribution in [2.45, 2.75) is 12.6 Å². The van der Waals surface area contributed by atoms with Gasteiger partial charge in [0.1, 0.15) is 0 Å². The summed E-state index contributed by atoms with van der Waals surface area (Å²) in [5.41, 5.74) is 6.19. The lowest BCUT2D eigenvalue weighted by Gasteiger charge is -2.05. The zero-order valence-electron chi connectivity index (χ0n) is 7.60. The number of nitrogens with zero attached hydrogens (tertiary/aromatic N) is 1. The number of amides is 1. The zero-order chi connectivity index (χ0) is 10.4. The number of benzene rings is 1. The van der Waals surface area contributed by atoms with Gasteiger partial charge in [-0.3, -0.25) is 4.79 Å². The number of carbonyl (C=O) groups excluding carboxylic acids is 1. The minimum atomic E-state index is -1.08. The molecule has 72 valence electrons. The normalized spacial score (nSPS) is 11.4. The monoisotopic (exact) mass is 189 g/mol. The maximum atomic E-state index is 11.1. The summed E-state index contributed by atoms with van der Waals surface area (Å²) in [6.45, 7) is 0.398. The predicted octanol–water partition coefficient (Wildman–Crippen LogP) is 0.154. The van der Waals surface area contributed by atoms with Crippen molar-refractivity contribution in [3.05, 3.63) is 35.9 Å². The second-order valence-electron chi connectivity index (χ2n) is 2.81. The van der Waals surface area contributed by atoms with Gasteiger partial charge < -0.3 is 11.1 Å². The highest BCUT2D eigenvalue weighted by molar-refractivity contribution is 5.84. The maximum Gasteiger partial charge on any atom is 0.251 e. The molecule has 0 aliphatic rings. The van der Waals surface area contributed by atoms with Gasteiger partial charge >= 0.3 is 0 Å². The van der Waals surface area contributed by atoms with Crippen LogP contribution in [-0.4, -0.2) is 11.9 Å². The van der Waals surface area contributed by atoms with Crippen molar-refractivity contribution >= 4 is 5.91 Å². The van der Waals surface area contributed by atoms with Gasteiger partial charge in [0.25, 0.3) is 5.91 Å². The number of carbonyl (C=O) groups is 1. The summed E-state index contributed by atoms with van der Waals surface area (Å²) in [7, 11) is 0. The molecule has 14 heavy (non-hydrogen) atoms. The van der Waals surface area contributed by atoms with E-state index in [2.05, 4.69) is 5.32 Å². The molecule has 1 aromatic carbocycles. The molecule has 0 heterocycles. The van der Waals surface area contributed by atoms with Gasteiger partial charge in [-0.1, -0.05) is 30.3 Å². The van der Waals surface area contributed by atoms with E-state index in [1.807, 2.05) is 30.3 Å². The van der Waals surface area contributed by atoms with Gasteiger partial charge in [-0.05, 0) is 5.56 Å². The van der Waals surface area contributed by atoms with E-state index in [1.165, 1.54) is 0 Å². The molecular formula is C10H11N3O. The van der Waals surface area contributed by atoms with Crippen molar-refractivity contribution in [2.24, 2.45) is 5.73 Å². The molecule has 4 nitrogen and oxygen atoms in total. The van der Waals surface area contributed by atoms with Crippen LogP contribution in [0.5, 0.6) is 0 Å². The fourth-order valence-corrected chi connectivity index (χ4v) is 0.954. The molecule has 0 aromatic heterocycles. The molecule has 0 saturated heterocycles. The zero-order valence-corrected chi connectivity index (χ0v) is 7.60. The largest absolute Gasteiger partial charge is 0.350 e. The van der Waals surface area contributed by atoms with Crippen LogP contribution in [-0.2, 0) is 11.3 Å². The molecule has 1 rings (SSSR count). The van der Waals surface area contributed by atoms with Gasteiger partial charge in [0.05, 0.1) is 6.07 Å². The number of hydrogen-bond acceptors (Lipinski definition) is 3. The first-order valence-corrected chi connectivity index (χ1v) is 4.21. The van der Waals surface area contributed by atoms with E-state index in [9.17, 15) is 4.79 Å². The lowest BCUT2D eigenvalue weighted by atomic mass is 10.2. The molecule has 0 bridgehead atoms. The Hall–Kier alpha value is -1.86. The Morgan fingerprint density at radius 3 is 2.71 bits per heavy atom. The van der Waals surface area contributed by atoms with Crippen LogP contribution < -0.4 is 11.1 Å². The first-order chi connectivity index (χ1) is 6.74. The molecule has 3 N–H and O–H groups in total. The Kier molecular flexibility index (Phi) is 3.65. The van der Waals surface area contributed by atoms with Crippen LogP contribution in [0.3, 0.4) is 0 Å². The smallest absolute Gasteiger partial charge is 0.251 e. The van der Waals surface area contributed by atoms with E-state index in [-0.39, 0.29) is 0 Å². The summed E-state index contributed by atoms with van der Waals surface area (Å²) >= 11 is 0. The van der Waals surface area contributed by atoms with E-state index < -0.39 is 11.9 Å². The van der Waals surface area contributed by atoms with Crippen molar-refractivity contribution < 1.29 is 4.79 Å². The molecule has 4 heteroatoms. The lowest BCUT2D eigenvalue weighted by molar-refractivity contribution is -0.121. The van der Waals surface area contributed by atoms with Crippen LogP contribution in [0.4, 0.5) is 0 Å². The summed E-state index contributed by atoms with van der Waals surface area (Å²) in [6, 6.07) is 10.0. The highest BCUT2D eigenvalue weighted by atomic mass is 16.2. The first-order valence-electron chi connectivity index (χ1n) is 4.21. The molecular weight excluding hydrogens is 178 g/mol. The molecule has 1 unspecified atom stereocenters. The minimum absolute atomic E-state index is 0.398. The van der Waals surface area contributed by atoms with Crippen LogP contribution in [0.25, 0.3) is 0 Å². The first kappa shape index (κ1) is 10.2. The summed E-state index contributed by atoms with van der Waals surface area (Å²) in [5.74, 6) is -0.448. The molecule has 0 saturated carbocycles. The van der Waals surface area contributed by atoms with Gasteiger partial charge in [0, 0.05) is 6.54 Å². The van der Waals surface area contributed by atoms with Gasteiger partial charge in [0.2, 0.25) is 0 Å². The molecule has 1 amide bonds. The van der Waals surface area contributed by atoms with Crippen LogP contribution in [0.15, 0.2) is 30.3 Å². The summed E-state index contributed by atoms with van der Waals surface area (Å²) < 4.78 is 0. The van der Waals surface area contributed by atoms with Crippen molar-refractivity contribution in [3.63, 3.8) is 0 Å². The van der Waals surface area contributed by atoms with Gasteiger partial charge in [-0.15, -0.1) is 0 Å². The SMILES string of the molecule is N#CC(N)C(=O)NCc1ccccc1. The van der Waals surface area contributed by atoms with Gasteiger partial charge in [-0.25, -0.2) is 0 Å². The number of nitrogens with one attached hydrogen (secondary N) is 1. The Labute approximate surface area is 82.3 Å². The Balaban J connectivity index is 2.43. The summed E-state index contributed by atoms with van der Waals surface area (Å²) in [6.07, 6.45) is 0. The molecule has 0 radical (unpaired) electrons. The van der Waals surface area contributed by atoms with Crippen LogP contribution in [0.2, 0.25) is 0 Å². The van der Waals surface area contributed by atoms with Crippen LogP contribution >= 0.6 is 0 Å². The van der Waals surface area contributed by atoms with E-state index in [0.717, 1.165) is 5.56 Å². The van der Waals surface area contributed by atoms with E-state index in [0.29, 0.717) is 6.54 Å². The Morgan fingerprint density at radius 2 is 2.14 bits per heavy atom. The van der Waals surface area contributed by atoms with Crippen molar-refractivity contribution in [1.29, 1.82) is 5.26 Å². The Bertz CT molecular complexity index is 342. The van der Waals surface area contributed by atoms with E-state index >= 15 is 0 Å². The van der Waals surface area contributed by atoms with Crippen molar-refractivity contribution in [3.8, 4) is 6.07 Å². The van der Waals surface area contributed by atoms with Crippen LogP contribution in [0, 0.1) is 11.3 Å². The standard InChI is InChI=1S/C10H11N3O/c11-6-9(12)10(14)13-7-8-4-2-1-3-5-8/h1-5,9H,7,12H2,(H,13,14). The number of hydrogen-bond donors (Lipinski definition) is 2. The molecule has 1 atom stereocenters. The fourth-order valence-electron chi connectivity index (χ4n) is 0.954. The molecule has 0 fully saturated rings. The third kappa shape index (κ3) is 2.88. The lowest BCUT2D eigenvalue weighted by Crippen LogP contribution is -2.39. The Morgan fingerprint density at radius 1 is 1.50 bits per heavy atom. The average molecular weight is 189 g/mol. The van der Waals surface area contributed by atoms with Gasteiger partial charge in [0.15, 0.2) is 6.04 Å². The summed E-state index contributed by atoms with van der Waals surface area (Å²) in [5, 5.41) is 10.9. The quantitative estimate of drug-likeness (QED) is 0.710. The van der Waals surface area contributed by atoms with Gasteiger partial charge in [-0.2, -0.15) is 5.26 Å². The molecule has 1 aromatic rings. The number of rotatable bonds is 3. The summed E-state index contributed by atoms with van der Waals surface area (Å²) in [4.78, 5) is 11.1. The highest BCUT2D eigenvalue weighted by Gasteiger charge is 2.10. The third-order valence-corrected chi connectivity index (χ3v) is 1.73. The van der Waals surface area contributed by atoms with Crippen molar-refractivity contribution in [1.82, 2.24) is 5.32 Å². The van der Waals surface area contributed by atoms with Crippen LogP contribution in [0.1, 0.15) is 5.56 Å². The molecule has 0 spiro atoms. The topological polar surface area (TPSA) is 78.9 Å². The van der Waals surface area contributed by atoms with Crippen molar-refractivity contribution in [2.75, 3.05) is 0 Å². The maximum absolute atomic E-state index is 11.1. The second kappa shape index (κ2) is 5.00. The highest BCUT2D eigenvalue weighted by Crippen LogP contribution is 1.96.